The number of aromatic nitrogens is 1. The highest BCUT2D eigenvalue weighted by Crippen LogP contribution is 2.37. The third-order valence-corrected chi connectivity index (χ3v) is 4.53. The number of fused-ring (bicyclic) bond motifs is 1. The van der Waals surface area contributed by atoms with E-state index in [0.29, 0.717) is 41.5 Å². The van der Waals surface area contributed by atoms with Crippen molar-refractivity contribution < 1.29 is 14.3 Å². The molecule has 0 spiro atoms. The molecule has 1 aromatic heterocycles. The van der Waals surface area contributed by atoms with Crippen LogP contribution < -0.4 is 14.8 Å². The highest BCUT2D eigenvalue weighted by molar-refractivity contribution is 6.04. The smallest absolute Gasteiger partial charge is 0.274 e. The molecule has 1 N–H and O–H groups in total. The van der Waals surface area contributed by atoms with Crippen molar-refractivity contribution in [3.63, 3.8) is 0 Å². The molecule has 0 fully saturated rings. The van der Waals surface area contributed by atoms with Crippen molar-refractivity contribution in [1.29, 1.82) is 5.26 Å². The van der Waals surface area contributed by atoms with E-state index in [0.717, 1.165) is 11.1 Å². The predicted octanol–water partition coefficient (Wildman–Crippen LogP) is 4.29. The Labute approximate surface area is 168 Å². The van der Waals surface area contributed by atoms with E-state index in [-0.39, 0.29) is 5.69 Å². The number of pyridine rings is 1. The lowest BCUT2D eigenvalue weighted by atomic mass is 9.98. The molecule has 6 heteroatoms. The standard InChI is InChI=1S/C23H17N3O3/c1-2-15-6-8-20(25-14-15)23(27)26-19-5-3-4-17(18(19)13-24)16-7-9-21-22(12-16)29-11-10-28-21/h2-9,12,14H,1,10-11H2,(H,26,27). The van der Waals surface area contributed by atoms with Gasteiger partial charge < -0.3 is 14.8 Å². The maximum Gasteiger partial charge on any atom is 0.274 e. The maximum atomic E-state index is 12.6. The number of nitrogens with zero attached hydrogens (tertiary/aromatic N) is 2. The van der Waals surface area contributed by atoms with Gasteiger partial charge in [-0.1, -0.05) is 36.9 Å². The van der Waals surface area contributed by atoms with Crippen LogP contribution in [0, 0.1) is 11.3 Å². The first-order valence-corrected chi connectivity index (χ1v) is 9.02. The second-order valence-corrected chi connectivity index (χ2v) is 6.33. The molecule has 3 aromatic rings. The van der Waals surface area contributed by atoms with E-state index >= 15 is 0 Å². The first-order chi connectivity index (χ1) is 14.2. The van der Waals surface area contributed by atoms with Crippen LogP contribution in [0.4, 0.5) is 5.69 Å². The summed E-state index contributed by atoms with van der Waals surface area (Å²) in [5, 5.41) is 12.5. The lowest BCUT2D eigenvalue weighted by Crippen LogP contribution is -2.15. The molecule has 1 amide bonds. The Morgan fingerprint density at radius 2 is 1.97 bits per heavy atom. The van der Waals surface area contributed by atoms with Crippen LogP contribution in [0.25, 0.3) is 17.2 Å². The Hall–Kier alpha value is -4.11. The molecule has 1 aliphatic heterocycles. The van der Waals surface area contributed by atoms with Gasteiger partial charge in [0.2, 0.25) is 0 Å². The maximum absolute atomic E-state index is 12.6. The largest absolute Gasteiger partial charge is 0.486 e. The zero-order chi connectivity index (χ0) is 20.2. The quantitative estimate of drug-likeness (QED) is 0.727. The van der Waals surface area contributed by atoms with Crippen LogP contribution in [0.1, 0.15) is 21.6 Å². The van der Waals surface area contributed by atoms with Crippen LogP contribution in [0.5, 0.6) is 11.5 Å². The van der Waals surface area contributed by atoms with Crippen molar-refractivity contribution in [2.75, 3.05) is 18.5 Å². The normalized spacial score (nSPS) is 12.0. The summed E-state index contributed by atoms with van der Waals surface area (Å²) >= 11 is 0. The zero-order valence-corrected chi connectivity index (χ0v) is 15.5. The summed E-state index contributed by atoms with van der Waals surface area (Å²) in [6, 6.07) is 16.4. The molecule has 1 aliphatic rings. The van der Waals surface area contributed by atoms with E-state index in [1.807, 2.05) is 24.3 Å². The summed E-state index contributed by atoms with van der Waals surface area (Å²) in [6.07, 6.45) is 3.22. The van der Waals surface area contributed by atoms with Crippen molar-refractivity contribution in [2.45, 2.75) is 0 Å². The summed E-state index contributed by atoms with van der Waals surface area (Å²) in [6.45, 7) is 4.66. The van der Waals surface area contributed by atoms with Gasteiger partial charge >= 0.3 is 0 Å². The number of carbonyl (C=O) groups excluding carboxylic acids is 1. The monoisotopic (exact) mass is 383 g/mol. The number of hydrogen-bond donors (Lipinski definition) is 1. The Morgan fingerprint density at radius 3 is 2.69 bits per heavy atom. The Balaban J connectivity index is 1.66. The van der Waals surface area contributed by atoms with Crippen LogP contribution in [-0.2, 0) is 0 Å². The van der Waals surface area contributed by atoms with Crippen molar-refractivity contribution >= 4 is 17.7 Å². The van der Waals surface area contributed by atoms with Gasteiger partial charge in [-0.2, -0.15) is 5.26 Å². The average molecular weight is 383 g/mol. The molecule has 0 saturated heterocycles. The molecule has 0 atom stereocenters. The fraction of sp³-hybridized carbons (Fsp3) is 0.0870. The van der Waals surface area contributed by atoms with E-state index < -0.39 is 5.91 Å². The number of ether oxygens (including phenoxy) is 2. The van der Waals surface area contributed by atoms with E-state index in [1.165, 1.54) is 0 Å². The molecule has 0 saturated carbocycles. The van der Waals surface area contributed by atoms with Gasteiger partial charge in [-0.25, -0.2) is 0 Å². The van der Waals surface area contributed by atoms with Crippen molar-refractivity contribution in [1.82, 2.24) is 4.98 Å². The average Bonchev–Trinajstić information content (AvgIpc) is 2.78. The van der Waals surface area contributed by atoms with Crippen molar-refractivity contribution in [3.8, 4) is 28.7 Å². The first kappa shape index (κ1) is 18.3. The van der Waals surface area contributed by atoms with Crippen LogP contribution in [0.15, 0.2) is 61.3 Å². The summed E-state index contributed by atoms with van der Waals surface area (Å²) in [5.74, 6) is 0.923. The van der Waals surface area contributed by atoms with Crippen LogP contribution in [-0.4, -0.2) is 24.1 Å². The van der Waals surface area contributed by atoms with Gasteiger partial charge in [0, 0.05) is 11.8 Å². The molecule has 0 bridgehead atoms. The van der Waals surface area contributed by atoms with Crippen molar-refractivity contribution in [3.05, 3.63) is 78.1 Å². The number of hydrogen-bond acceptors (Lipinski definition) is 5. The van der Waals surface area contributed by atoms with Crippen molar-refractivity contribution in [2.24, 2.45) is 0 Å². The van der Waals surface area contributed by atoms with Gasteiger partial charge in [-0.3, -0.25) is 9.78 Å². The summed E-state index contributed by atoms with van der Waals surface area (Å²) in [4.78, 5) is 16.7. The summed E-state index contributed by atoms with van der Waals surface area (Å²) in [5.41, 5.74) is 3.34. The van der Waals surface area contributed by atoms with Gasteiger partial charge in [0.25, 0.3) is 5.91 Å². The van der Waals surface area contributed by atoms with Gasteiger partial charge in [0.15, 0.2) is 11.5 Å². The molecular formula is C23H17N3O3. The SMILES string of the molecule is C=Cc1ccc(C(=O)Nc2cccc(-c3ccc4c(c3)OCCO4)c2C#N)nc1. The molecule has 2 heterocycles. The van der Waals surface area contributed by atoms with Gasteiger partial charge in [0.1, 0.15) is 25.0 Å². The van der Waals surface area contributed by atoms with E-state index in [9.17, 15) is 10.1 Å². The molecule has 29 heavy (non-hydrogen) atoms. The van der Waals surface area contributed by atoms with Gasteiger partial charge in [-0.15, -0.1) is 0 Å². The number of benzene rings is 2. The van der Waals surface area contributed by atoms with E-state index in [2.05, 4.69) is 22.9 Å². The number of amides is 1. The molecule has 0 unspecified atom stereocenters. The number of rotatable bonds is 4. The number of nitriles is 1. The minimum absolute atomic E-state index is 0.254. The van der Waals surface area contributed by atoms with Crippen LogP contribution >= 0.6 is 0 Å². The lowest BCUT2D eigenvalue weighted by Gasteiger charge is -2.19. The summed E-state index contributed by atoms with van der Waals surface area (Å²) < 4.78 is 11.2. The van der Waals surface area contributed by atoms with Gasteiger partial charge in [-0.05, 0) is 35.4 Å². The second-order valence-electron chi connectivity index (χ2n) is 6.33. The second kappa shape index (κ2) is 7.87. The minimum Gasteiger partial charge on any atom is -0.486 e. The fourth-order valence-electron chi connectivity index (χ4n) is 3.08. The van der Waals surface area contributed by atoms with Crippen LogP contribution in [0.3, 0.4) is 0 Å². The first-order valence-electron chi connectivity index (χ1n) is 9.02. The lowest BCUT2D eigenvalue weighted by molar-refractivity contribution is 0.102. The fourth-order valence-corrected chi connectivity index (χ4v) is 3.08. The topological polar surface area (TPSA) is 84.2 Å². The molecule has 142 valence electrons. The zero-order valence-electron chi connectivity index (χ0n) is 15.5. The van der Waals surface area contributed by atoms with E-state index in [1.54, 1.807) is 36.5 Å². The molecule has 6 nitrogen and oxygen atoms in total. The van der Waals surface area contributed by atoms with Gasteiger partial charge in [0.05, 0.1) is 11.3 Å². The van der Waals surface area contributed by atoms with Crippen LogP contribution in [0.2, 0.25) is 0 Å². The molecule has 4 rings (SSSR count). The Morgan fingerprint density at radius 1 is 1.14 bits per heavy atom. The molecule has 0 radical (unpaired) electrons. The Kier molecular flexibility index (Phi) is 4.95. The molecule has 0 aliphatic carbocycles. The summed E-state index contributed by atoms with van der Waals surface area (Å²) in [7, 11) is 0. The minimum atomic E-state index is -0.392. The number of nitrogens with one attached hydrogen (secondary N) is 1. The highest BCUT2D eigenvalue weighted by Gasteiger charge is 2.17. The highest BCUT2D eigenvalue weighted by atomic mass is 16.6. The number of anilines is 1. The van der Waals surface area contributed by atoms with E-state index in [4.69, 9.17) is 9.47 Å². The predicted molar refractivity (Wildman–Crippen MR) is 110 cm³/mol. The Bertz CT molecular complexity index is 1130. The third-order valence-electron chi connectivity index (χ3n) is 4.53. The third kappa shape index (κ3) is 3.66. The molecule has 2 aromatic carbocycles. The number of carbonyl (C=O) groups is 1. The molecular weight excluding hydrogens is 366 g/mol.